The van der Waals surface area contributed by atoms with Gasteiger partial charge in [-0.25, -0.2) is 4.79 Å². The second-order valence-electron chi connectivity index (χ2n) is 9.95. The van der Waals surface area contributed by atoms with Crippen LogP contribution in [-0.2, 0) is 14.3 Å². The summed E-state index contributed by atoms with van der Waals surface area (Å²) in [6.07, 6.45) is 16.1. The fourth-order valence-corrected chi connectivity index (χ4v) is 7.45. The lowest BCUT2D eigenvalue weighted by atomic mass is 9.47. The molecule has 3 saturated carbocycles. The van der Waals surface area contributed by atoms with Crippen molar-refractivity contribution < 1.29 is 14.3 Å². The van der Waals surface area contributed by atoms with E-state index < -0.39 is 0 Å². The zero-order valence-electron chi connectivity index (χ0n) is 17.1. The molecule has 27 heavy (non-hydrogen) atoms. The normalized spacial score (nSPS) is 43.7. The Morgan fingerprint density at radius 3 is 2.74 bits per heavy atom. The third-order valence-corrected chi connectivity index (χ3v) is 9.03. The van der Waals surface area contributed by atoms with Crippen LogP contribution in [0.15, 0.2) is 23.8 Å². The molecule has 3 nitrogen and oxygen atoms in total. The Labute approximate surface area is 163 Å². The first kappa shape index (κ1) is 19.0. The van der Waals surface area contributed by atoms with Gasteiger partial charge in [0.25, 0.3) is 0 Å². The second kappa shape index (κ2) is 6.90. The molecule has 4 rings (SSSR count). The topological polar surface area (TPSA) is 43.4 Å². The molecule has 4 aliphatic rings. The van der Waals surface area contributed by atoms with Gasteiger partial charge >= 0.3 is 5.97 Å². The van der Waals surface area contributed by atoms with Crippen molar-refractivity contribution in [1.82, 2.24) is 0 Å². The molecule has 4 aliphatic carbocycles. The quantitative estimate of drug-likeness (QED) is 0.503. The third kappa shape index (κ3) is 3.02. The van der Waals surface area contributed by atoms with Crippen molar-refractivity contribution in [2.45, 2.75) is 71.6 Å². The van der Waals surface area contributed by atoms with E-state index in [1.165, 1.54) is 44.8 Å². The number of rotatable bonds is 3. The lowest BCUT2D eigenvalue weighted by molar-refractivity contribution is -0.134. The van der Waals surface area contributed by atoms with Gasteiger partial charge in [0.15, 0.2) is 5.78 Å². The standard InChI is InChI=1S/C24H34O3/c1-23-14-12-21-19(9-7-17-15-18(25)11-13-24(17,21)2)20(23)10-8-16(23)5-4-6-22(26)27-3/h4,6,15-16,19-21H,5,7-14H2,1-3H3/b6-4+. The van der Waals surface area contributed by atoms with E-state index in [4.69, 9.17) is 4.74 Å². The van der Waals surface area contributed by atoms with Crippen LogP contribution in [0.5, 0.6) is 0 Å². The molecule has 0 aromatic heterocycles. The molecular formula is C24H34O3. The molecule has 0 spiro atoms. The van der Waals surface area contributed by atoms with Crippen LogP contribution in [0, 0.1) is 34.5 Å². The fourth-order valence-electron chi connectivity index (χ4n) is 7.45. The van der Waals surface area contributed by atoms with Gasteiger partial charge in [0.05, 0.1) is 7.11 Å². The molecule has 0 saturated heterocycles. The maximum Gasteiger partial charge on any atom is 0.330 e. The minimum absolute atomic E-state index is 0.246. The molecule has 148 valence electrons. The maximum absolute atomic E-state index is 12.0. The molecule has 0 aliphatic heterocycles. The molecule has 3 heteroatoms. The molecular weight excluding hydrogens is 336 g/mol. The van der Waals surface area contributed by atoms with Crippen molar-refractivity contribution in [3.05, 3.63) is 23.8 Å². The molecule has 0 bridgehead atoms. The van der Waals surface area contributed by atoms with Crippen LogP contribution in [0.3, 0.4) is 0 Å². The number of esters is 1. The van der Waals surface area contributed by atoms with Gasteiger partial charge in [-0.2, -0.15) is 0 Å². The highest BCUT2D eigenvalue weighted by Crippen LogP contribution is 2.67. The summed E-state index contributed by atoms with van der Waals surface area (Å²) in [5.41, 5.74) is 2.13. The van der Waals surface area contributed by atoms with Gasteiger partial charge in [-0.05, 0) is 91.9 Å². The van der Waals surface area contributed by atoms with Gasteiger partial charge in [-0.3, -0.25) is 4.79 Å². The number of fused-ring (bicyclic) bond motifs is 5. The van der Waals surface area contributed by atoms with Crippen LogP contribution in [0.1, 0.15) is 71.6 Å². The molecule has 0 heterocycles. The summed E-state index contributed by atoms with van der Waals surface area (Å²) in [6, 6.07) is 0. The molecule has 6 unspecified atom stereocenters. The summed E-state index contributed by atoms with van der Waals surface area (Å²) >= 11 is 0. The number of carbonyl (C=O) groups is 2. The molecule has 6 atom stereocenters. The zero-order valence-corrected chi connectivity index (χ0v) is 17.1. The fraction of sp³-hybridized carbons (Fsp3) is 0.750. The summed E-state index contributed by atoms with van der Waals surface area (Å²) in [7, 11) is 1.44. The molecule has 0 amide bonds. The lowest BCUT2D eigenvalue weighted by Crippen LogP contribution is -2.50. The van der Waals surface area contributed by atoms with Crippen molar-refractivity contribution in [3.63, 3.8) is 0 Å². The molecule has 3 fully saturated rings. The van der Waals surface area contributed by atoms with Crippen molar-refractivity contribution >= 4 is 11.8 Å². The Bertz CT molecular complexity index is 690. The predicted molar refractivity (Wildman–Crippen MR) is 106 cm³/mol. The van der Waals surface area contributed by atoms with Crippen molar-refractivity contribution in [3.8, 4) is 0 Å². The van der Waals surface area contributed by atoms with Gasteiger partial charge in [-0.15, -0.1) is 0 Å². The first-order valence-corrected chi connectivity index (χ1v) is 10.9. The Balaban J connectivity index is 1.52. The first-order chi connectivity index (χ1) is 12.9. The van der Waals surface area contributed by atoms with Crippen molar-refractivity contribution in [1.29, 1.82) is 0 Å². The minimum Gasteiger partial charge on any atom is -0.466 e. The number of methoxy groups -OCH3 is 1. The van der Waals surface area contributed by atoms with E-state index in [-0.39, 0.29) is 11.4 Å². The highest BCUT2D eigenvalue weighted by Gasteiger charge is 2.58. The highest BCUT2D eigenvalue weighted by molar-refractivity contribution is 5.91. The SMILES string of the molecule is COC(=O)/C=C/CC1CCC2C3CCC4=CC(=O)CCC4(C)C3CCC12C. The van der Waals surface area contributed by atoms with Gasteiger partial charge in [0.2, 0.25) is 0 Å². The second-order valence-corrected chi connectivity index (χ2v) is 9.95. The van der Waals surface area contributed by atoms with E-state index in [1.807, 2.05) is 12.2 Å². The van der Waals surface area contributed by atoms with Gasteiger partial charge in [0, 0.05) is 12.5 Å². The molecule has 0 N–H and O–H groups in total. The summed E-state index contributed by atoms with van der Waals surface area (Å²) < 4.78 is 4.73. The van der Waals surface area contributed by atoms with Crippen LogP contribution in [0.4, 0.5) is 0 Å². The Morgan fingerprint density at radius 2 is 1.96 bits per heavy atom. The molecule has 0 aromatic rings. The van der Waals surface area contributed by atoms with E-state index in [2.05, 4.69) is 13.8 Å². The van der Waals surface area contributed by atoms with E-state index >= 15 is 0 Å². The summed E-state index contributed by atoms with van der Waals surface area (Å²) in [5, 5.41) is 0. The van der Waals surface area contributed by atoms with Crippen LogP contribution in [0.2, 0.25) is 0 Å². The smallest absolute Gasteiger partial charge is 0.330 e. The van der Waals surface area contributed by atoms with Crippen LogP contribution in [-0.4, -0.2) is 18.9 Å². The highest BCUT2D eigenvalue weighted by atomic mass is 16.5. The van der Waals surface area contributed by atoms with E-state index in [0.717, 1.165) is 43.4 Å². The number of ketones is 1. The van der Waals surface area contributed by atoms with E-state index in [9.17, 15) is 9.59 Å². The van der Waals surface area contributed by atoms with E-state index in [0.29, 0.717) is 17.1 Å². The molecule has 0 radical (unpaired) electrons. The lowest BCUT2D eigenvalue weighted by Gasteiger charge is -2.58. The number of hydrogen-bond donors (Lipinski definition) is 0. The minimum atomic E-state index is -0.246. The van der Waals surface area contributed by atoms with Gasteiger partial charge in [0.1, 0.15) is 0 Å². The first-order valence-electron chi connectivity index (χ1n) is 10.9. The summed E-state index contributed by atoms with van der Waals surface area (Å²) in [4.78, 5) is 23.3. The summed E-state index contributed by atoms with van der Waals surface area (Å²) in [6.45, 7) is 4.98. The molecule has 0 aromatic carbocycles. The Morgan fingerprint density at radius 1 is 1.15 bits per heavy atom. The largest absolute Gasteiger partial charge is 0.466 e. The average Bonchev–Trinajstić information content (AvgIpc) is 2.99. The number of allylic oxidation sites excluding steroid dienone is 2. The monoisotopic (exact) mass is 370 g/mol. The van der Waals surface area contributed by atoms with Crippen LogP contribution >= 0.6 is 0 Å². The van der Waals surface area contributed by atoms with Crippen LogP contribution < -0.4 is 0 Å². The van der Waals surface area contributed by atoms with Crippen molar-refractivity contribution in [2.75, 3.05) is 7.11 Å². The number of ether oxygens (including phenoxy) is 1. The third-order valence-electron chi connectivity index (χ3n) is 9.03. The zero-order chi connectivity index (χ0) is 19.2. The number of hydrogen-bond acceptors (Lipinski definition) is 3. The van der Waals surface area contributed by atoms with Crippen LogP contribution in [0.25, 0.3) is 0 Å². The summed E-state index contributed by atoms with van der Waals surface area (Å²) in [5.74, 6) is 3.16. The maximum atomic E-state index is 12.0. The van der Waals surface area contributed by atoms with E-state index in [1.54, 1.807) is 6.08 Å². The predicted octanol–water partition coefficient (Wildman–Crippen LogP) is 5.25. The van der Waals surface area contributed by atoms with Gasteiger partial charge < -0.3 is 4.74 Å². The Kier molecular flexibility index (Phi) is 4.84. The van der Waals surface area contributed by atoms with Crippen molar-refractivity contribution in [2.24, 2.45) is 34.5 Å². The number of carbonyl (C=O) groups excluding carboxylic acids is 2. The van der Waals surface area contributed by atoms with Gasteiger partial charge in [-0.1, -0.05) is 25.5 Å². The Hall–Kier alpha value is -1.38. The average molecular weight is 371 g/mol.